The molecule has 0 spiro atoms. The monoisotopic (exact) mass is 706 g/mol. The fourth-order valence-corrected chi connectivity index (χ4v) is 7.75. The Morgan fingerprint density at radius 2 is 0.705 bits per heavy atom. The SMILES string of the molecule is C1CCCC1.C1CCCC1.CCCCCCCN(CC1CCCC1CN(C)C)CC1CCCC1CN(C)C.[CH3-].[CH3-].[CH3-].[CH3-].[Fe+2].[Fe+2]. The van der Waals surface area contributed by atoms with Crippen molar-refractivity contribution >= 4 is 0 Å². The zero-order valence-corrected chi connectivity index (χ0v) is 34.0. The molecule has 0 radical (unpaired) electrons. The number of rotatable bonds is 14. The first-order chi connectivity index (χ1) is 18.5. The average Bonchev–Trinajstić information content (AvgIpc) is 3.69. The largest absolute Gasteiger partial charge is 2.00 e. The molecule has 0 saturated heterocycles. The molecule has 0 bridgehead atoms. The Bertz CT molecular complexity index is 482. The Labute approximate surface area is 303 Å². The van der Waals surface area contributed by atoms with E-state index in [2.05, 4.69) is 49.8 Å². The Morgan fingerprint density at radius 1 is 0.409 bits per heavy atom. The van der Waals surface area contributed by atoms with Crippen molar-refractivity contribution in [2.45, 2.75) is 142 Å². The third-order valence-electron chi connectivity index (χ3n) is 9.90. The zero-order chi connectivity index (χ0) is 27.4. The van der Waals surface area contributed by atoms with Crippen LogP contribution in [0.2, 0.25) is 0 Å². The molecule has 3 nitrogen and oxygen atoms in total. The van der Waals surface area contributed by atoms with Gasteiger partial charge in [0.05, 0.1) is 0 Å². The molecule has 4 atom stereocenters. The van der Waals surface area contributed by atoms with Gasteiger partial charge in [-0.3, -0.25) is 0 Å². The molecule has 0 heterocycles. The smallest absolute Gasteiger partial charge is 0.358 e. The van der Waals surface area contributed by atoms with Crippen LogP contribution in [0.15, 0.2) is 0 Å². The summed E-state index contributed by atoms with van der Waals surface area (Å²) < 4.78 is 0. The summed E-state index contributed by atoms with van der Waals surface area (Å²) in [5.41, 5.74) is 0. The second-order valence-corrected chi connectivity index (χ2v) is 14.1. The average molecular weight is 706 g/mol. The second kappa shape index (κ2) is 35.2. The molecule has 5 heteroatoms. The first-order valence-electron chi connectivity index (χ1n) is 17.5. The van der Waals surface area contributed by atoms with Gasteiger partial charge in [0.25, 0.3) is 0 Å². The maximum Gasteiger partial charge on any atom is 2.00 e. The van der Waals surface area contributed by atoms with E-state index in [1.165, 1.54) is 168 Å². The fourth-order valence-electron chi connectivity index (χ4n) is 7.75. The van der Waals surface area contributed by atoms with Crippen molar-refractivity contribution in [2.75, 3.05) is 60.9 Å². The van der Waals surface area contributed by atoms with E-state index < -0.39 is 0 Å². The van der Waals surface area contributed by atoms with E-state index in [0.717, 1.165) is 23.7 Å². The first-order valence-corrected chi connectivity index (χ1v) is 17.5. The van der Waals surface area contributed by atoms with Gasteiger partial charge in [0.1, 0.15) is 0 Å². The van der Waals surface area contributed by atoms with Crippen LogP contribution in [-0.4, -0.2) is 75.6 Å². The normalized spacial score (nSPS) is 23.5. The van der Waals surface area contributed by atoms with Gasteiger partial charge in [0.2, 0.25) is 0 Å². The van der Waals surface area contributed by atoms with Crippen molar-refractivity contribution in [1.82, 2.24) is 14.7 Å². The summed E-state index contributed by atoms with van der Waals surface area (Å²) in [5.74, 6) is 3.73. The Hall–Kier alpha value is 0.919. The summed E-state index contributed by atoms with van der Waals surface area (Å²) in [6.07, 6.45) is 30.8. The molecule has 4 fully saturated rings. The van der Waals surface area contributed by atoms with Crippen LogP contribution < -0.4 is 0 Å². The second-order valence-electron chi connectivity index (χ2n) is 14.1. The fraction of sp³-hybridized carbons (Fsp3) is 0.897. The van der Waals surface area contributed by atoms with Gasteiger partial charge in [-0.2, -0.15) is 0 Å². The van der Waals surface area contributed by atoms with E-state index in [1.54, 1.807) is 0 Å². The summed E-state index contributed by atoms with van der Waals surface area (Å²) in [4.78, 5) is 7.76. The Kier molecular flexibility index (Phi) is 43.5. The van der Waals surface area contributed by atoms with E-state index in [9.17, 15) is 0 Å². The number of hydrogen-bond acceptors (Lipinski definition) is 3. The first kappa shape index (κ1) is 54.4. The molecule has 4 unspecified atom stereocenters. The Balaban J connectivity index is -0.000000269. The summed E-state index contributed by atoms with van der Waals surface area (Å²) in [6.45, 7) is 9.00. The van der Waals surface area contributed by atoms with Gasteiger partial charge in [-0.25, -0.2) is 0 Å². The van der Waals surface area contributed by atoms with Crippen LogP contribution >= 0.6 is 0 Å². The summed E-state index contributed by atoms with van der Waals surface area (Å²) in [6, 6.07) is 0. The molecule has 44 heavy (non-hydrogen) atoms. The molecular formula is C39H83Fe2N3. The van der Waals surface area contributed by atoms with E-state index >= 15 is 0 Å². The van der Waals surface area contributed by atoms with Crippen molar-refractivity contribution in [2.24, 2.45) is 23.7 Å². The summed E-state index contributed by atoms with van der Waals surface area (Å²) >= 11 is 0. The predicted octanol–water partition coefficient (Wildman–Crippen LogP) is 10.9. The maximum absolute atomic E-state index is 2.92. The maximum atomic E-state index is 2.92. The molecule has 4 aliphatic rings. The third kappa shape index (κ3) is 25.9. The quantitative estimate of drug-likeness (QED) is 0.101. The van der Waals surface area contributed by atoms with Crippen LogP contribution in [0, 0.1) is 53.4 Å². The van der Waals surface area contributed by atoms with E-state index in [1.807, 2.05) is 0 Å². The van der Waals surface area contributed by atoms with Crippen LogP contribution in [0.25, 0.3) is 0 Å². The minimum Gasteiger partial charge on any atom is -0.358 e. The van der Waals surface area contributed by atoms with Crippen molar-refractivity contribution in [3.05, 3.63) is 29.7 Å². The van der Waals surface area contributed by atoms with Gasteiger partial charge in [-0.1, -0.05) is 110 Å². The van der Waals surface area contributed by atoms with Gasteiger partial charge in [-0.15, -0.1) is 0 Å². The van der Waals surface area contributed by atoms with Gasteiger partial charge in [0, 0.05) is 26.2 Å². The van der Waals surface area contributed by atoms with Crippen molar-refractivity contribution in [3.63, 3.8) is 0 Å². The van der Waals surface area contributed by atoms with Crippen LogP contribution in [0.3, 0.4) is 0 Å². The van der Waals surface area contributed by atoms with Crippen LogP contribution in [0.4, 0.5) is 0 Å². The standard InChI is InChI=1S/C25H51N3.2C5H10.4CH3.2Fe/c1-6-7-8-9-10-17-28(20-24-15-11-13-22(24)18-26(2)3)21-25-16-12-14-23(25)19-27(4)5;2*1-2-4-5-3-1;;;;;;/h22-25H,6-21H2,1-5H3;2*1-5H2;4*1H3;;/q;;;4*-1;2*+2. The molecule has 0 N–H and O–H groups in total. The summed E-state index contributed by atoms with van der Waals surface area (Å²) in [7, 11) is 9.02. The van der Waals surface area contributed by atoms with E-state index in [-0.39, 0.29) is 63.8 Å². The zero-order valence-electron chi connectivity index (χ0n) is 31.7. The van der Waals surface area contributed by atoms with E-state index in [0.29, 0.717) is 0 Å². The third-order valence-corrected chi connectivity index (χ3v) is 9.90. The van der Waals surface area contributed by atoms with Crippen LogP contribution in [0.5, 0.6) is 0 Å². The van der Waals surface area contributed by atoms with Crippen LogP contribution in [-0.2, 0) is 34.1 Å². The molecule has 0 amide bonds. The number of nitrogens with zero attached hydrogens (tertiary/aromatic N) is 3. The van der Waals surface area contributed by atoms with Crippen molar-refractivity contribution in [1.29, 1.82) is 0 Å². The Morgan fingerprint density at radius 3 is 1.00 bits per heavy atom. The van der Waals surface area contributed by atoms with Gasteiger partial charge >= 0.3 is 34.1 Å². The van der Waals surface area contributed by atoms with Crippen molar-refractivity contribution in [3.8, 4) is 0 Å². The minimum absolute atomic E-state index is 0. The predicted molar refractivity (Wildman–Crippen MR) is 196 cm³/mol. The molecule has 0 aromatic rings. The van der Waals surface area contributed by atoms with Gasteiger partial charge in [0.15, 0.2) is 0 Å². The van der Waals surface area contributed by atoms with Gasteiger partial charge in [-0.05, 0) is 90.5 Å². The number of unbranched alkanes of at least 4 members (excludes halogenated alkanes) is 4. The topological polar surface area (TPSA) is 9.72 Å². The minimum atomic E-state index is 0. The van der Waals surface area contributed by atoms with E-state index in [4.69, 9.17) is 0 Å². The van der Waals surface area contributed by atoms with Crippen molar-refractivity contribution < 1.29 is 34.1 Å². The van der Waals surface area contributed by atoms with Gasteiger partial charge < -0.3 is 44.4 Å². The molecule has 0 aliphatic heterocycles. The molecule has 4 aliphatic carbocycles. The molecule has 4 saturated carbocycles. The summed E-state index contributed by atoms with van der Waals surface area (Å²) in [5, 5.41) is 0. The molecular weight excluding hydrogens is 622 g/mol. The molecule has 4 rings (SSSR count). The van der Waals surface area contributed by atoms with Crippen LogP contribution in [0.1, 0.15) is 142 Å². The molecule has 270 valence electrons. The molecule has 0 aromatic carbocycles. The molecule has 0 aromatic heterocycles. The number of hydrogen-bond donors (Lipinski definition) is 0.